The summed E-state index contributed by atoms with van der Waals surface area (Å²) >= 11 is 7.46. The molecule has 0 bridgehead atoms. The Morgan fingerprint density at radius 1 is 0.729 bits per heavy atom. The molecule has 1 saturated heterocycles. The Morgan fingerprint density at radius 2 is 1.29 bits per heavy atom. The highest BCUT2D eigenvalue weighted by atomic mass is 35.5. The zero-order valence-corrected chi connectivity index (χ0v) is 27.4. The van der Waals surface area contributed by atoms with Crippen molar-refractivity contribution < 1.29 is 18.9 Å². The zero-order valence-electron chi connectivity index (χ0n) is 25.9. The molecule has 1 N–H and O–H groups in total. The molecule has 10 heteroatoms. The van der Waals surface area contributed by atoms with Crippen molar-refractivity contribution in [3.05, 3.63) is 163 Å². The van der Waals surface area contributed by atoms with Crippen molar-refractivity contribution >= 4 is 33.2 Å². The topological polar surface area (TPSA) is 91.8 Å². The molecule has 48 heavy (non-hydrogen) atoms. The summed E-state index contributed by atoms with van der Waals surface area (Å²) in [6.07, 6.45) is -2.92. The molecule has 244 valence electrons. The maximum Gasteiger partial charge on any atom is 0.331 e. The molecule has 8 nitrogen and oxygen atoms in total. The van der Waals surface area contributed by atoms with Crippen LogP contribution < -0.4 is 11.2 Å². The number of aromatic nitrogens is 2. The molecule has 0 unspecified atom stereocenters. The molecule has 0 aliphatic carbocycles. The lowest BCUT2D eigenvalue weighted by Crippen LogP contribution is -2.41. The molecular formula is C38H33ClN2O6S. The van der Waals surface area contributed by atoms with Crippen molar-refractivity contribution in [3.8, 4) is 11.1 Å². The van der Waals surface area contributed by atoms with E-state index >= 15 is 0 Å². The van der Waals surface area contributed by atoms with Crippen LogP contribution in [0.1, 0.15) is 22.9 Å². The third kappa shape index (κ3) is 7.07. The minimum Gasteiger partial charge on any atom is -0.374 e. The normalized spacial score (nSPS) is 19.2. The molecule has 1 aliphatic rings. The highest BCUT2D eigenvalue weighted by molar-refractivity contribution is 7.17. The van der Waals surface area contributed by atoms with E-state index in [1.165, 1.54) is 15.9 Å². The monoisotopic (exact) mass is 680 g/mol. The quantitative estimate of drug-likeness (QED) is 0.145. The van der Waals surface area contributed by atoms with Gasteiger partial charge < -0.3 is 18.9 Å². The van der Waals surface area contributed by atoms with Crippen molar-refractivity contribution in [2.45, 2.75) is 44.4 Å². The van der Waals surface area contributed by atoms with Crippen molar-refractivity contribution in [2.24, 2.45) is 0 Å². The Balaban J connectivity index is 1.30. The lowest BCUT2D eigenvalue weighted by Gasteiger charge is -2.26. The van der Waals surface area contributed by atoms with Gasteiger partial charge in [-0.3, -0.25) is 14.3 Å². The fourth-order valence-corrected chi connectivity index (χ4v) is 7.06. The molecule has 7 rings (SSSR count). The molecule has 2 aromatic heterocycles. The van der Waals surface area contributed by atoms with Gasteiger partial charge in [0.05, 0.1) is 31.9 Å². The van der Waals surface area contributed by atoms with E-state index in [0.717, 1.165) is 22.3 Å². The number of nitrogens with one attached hydrogen (secondary N) is 1. The number of halogens is 1. The summed E-state index contributed by atoms with van der Waals surface area (Å²) < 4.78 is 28.1. The second kappa shape index (κ2) is 14.8. The number of H-pyrrole nitrogens is 1. The van der Waals surface area contributed by atoms with Gasteiger partial charge in [0.15, 0.2) is 6.23 Å². The van der Waals surface area contributed by atoms with Gasteiger partial charge in [-0.1, -0.05) is 115 Å². The summed E-state index contributed by atoms with van der Waals surface area (Å²) in [7, 11) is 0. The largest absolute Gasteiger partial charge is 0.374 e. The SMILES string of the molecule is O=c1[nH]c(=O)n([C@@H]2O[C@H](COCc3ccccc3)[C@@H](OCc3ccccc3)[C@H]2OCc2ccccc2)c2c(-c3ccc(Cl)cc3)csc12. The van der Waals surface area contributed by atoms with Gasteiger partial charge in [0.25, 0.3) is 5.56 Å². The number of nitrogens with zero attached hydrogens (tertiary/aromatic N) is 1. The van der Waals surface area contributed by atoms with Crippen LogP contribution in [0.5, 0.6) is 0 Å². The van der Waals surface area contributed by atoms with Crippen LogP contribution in [-0.2, 0) is 38.8 Å². The molecular weight excluding hydrogens is 648 g/mol. The van der Waals surface area contributed by atoms with Gasteiger partial charge in [-0.2, -0.15) is 0 Å². The Kier molecular flexibility index (Phi) is 9.95. The van der Waals surface area contributed by atoms with Gasteiger partial charge >= 0.3 is 5.69 Å². The van der Waals surface area contributed by atoms with Crippen LogP contribution in [0.3, 0.4) is 0 Å². The van der Waals surface area contributed by atoms with Crippen LogP contribution in [0, 0.1) is 0 Å². The fourth-order valence-electron chi connectivity index (χ4n) is 5.97. The lowest BCUT2D eigenvalue weighted by atomic mass is 10.1. The molecule has 1 fully saturated rings. The first-order valence-electron chi connectivity index (χ1n) is 15.7. The Labute approximate surface area is 286 Å². The van der Waals surface area contributed by atoms with E-state index in [1.807, 2.05) is 109 Å². The maximum atomic E-state index is 13.9. The number of ether oxygens (including phenoxy) is 4. The molecule has 4 atom stereocenters. The van der Waals surface area contributed by atoms with E-state index in [1.54, 1.807) is 12.1 Å². The molecule has 0 radical (unpaired) electrons. The van der Waals surface area contributed by atoms with E-state index in [0.29, 0.717) is 34.0 Å². The number of aromatic amines is 1. The zero-order chi connectivity index (χ0) is 32.9. The summed E-state index contributed by atoms with van der Waals surface area (Å²) in [6.45, 7) is 1.11. The molecule has 0 saturated carbocycles. The van der Waals surface area contributed by atoms with Crippen LogP contribution in [0.15, 0.2) is 130 Å². The van der Waals surface area contributed by atoms with Crippen LogP contribution in [0.2, 0.25) is 5.02 Å². The van der Waals surface area contributed by atoms with E-state index in [9.17, 15) is 9.59 Å². The predicted molar refractivity (Wildman–Crippen MR) is 187 cm³/mol. The molecule has 6 aromatic rings. The first-order chi connectivity index (χ1) is 23.5. The second-order valence-corrected chi connectivity index (χ2v) is 12.9. The number of rotatable bonds is 12. The van der Waals surface area contributed by atoms with Gasteiger partial charge in [-0.25, -0.2) is 4.79 Å². The van der Waals surface area contributed by atoms with Crippen LogP contribution in [0.25, 0.3) is 21.3 Å². The number of hydrogen-bond acceptors (Lipinski definition) is 7. The Morgan fingerprint density at radius 3 is 1.90 bits per heavy atom. The van der Waals surface area contributed by atoms with Crippen LogP contribution >= 0.6 is 22.9 Å². The summed E-state index contributed by atoms with van der Waals surface area (Å²) in [6, 6.07) is 36.8. The highest BCUT2D eigenvalue weighted by Gasteiger charge is 2.48. The highest BCUT2D eigenvalue weighted by Crippen LogP contribution is 2.39. The number of thiophene rings is 1. The third-order valence-corrected chi connectivity index (χ3v) is 9.53. The summed E-state index contributed by atoms with van der Waals surface area (Å²) in [5, 5.41) is 2.45. The Bertz CT molecular complexity index is 2070. The average Bonchev–Trinajstić information content (AvgIpc) is 3.70. The third-order valence-electron chi connectivity index (χ3n) is 8.31. The van der Waals surface area contributed by atoms with Gasteiger partial charge in [0, 0.05) is 16.0 Å². The van der Waals surface area contributed by atoms with E-state index in [-0.39, 0.29) is 13.2 Å². The number of benzene rings is 4. The number of hydrogen-bond donors (Lipinski definition) is 1. The van der Waals surface area contributed by atoms with Gasteiger partial charge in [0.1, 0.15) is 23.0 Å². The van der Waals surface area contributed by atoms with Crippen molar-refractivity contribution in [2.75, 3.05) is 6.61 Å². The van der Waals surface area contributed by atoms with E-state index in [4.69, 9.17) is 30.5 Å². The molecule has 4 aromatic carbocycles. The van der Waals surface area contributed by atoms with Crippen molar-refractivity contribution in [1.29, 1.82) is 0 Å². The van der Waals surface area contributed by atoms with E-state index in [2.05, 4.69) is 4.98 Å². The van der Waals surface area contributed by atoms with Crippen molar-refractivity contribution in [1.82, 2.24) is 9.55 Å². The van der Waals surface area contributed by atoms with Crippen LogP contribution in [-0.4, -0.2) is 34.5 Å². The summed E-state index contributed by atoms with van der Waals surface area (Å²) in [5.41, 5.74) is 3.88. The second-order valence-electron chi connectivity index (χ2n) is 11.6. The average molecular weight is 681 g/mol. The predicted octanol–water partition coefficient (Wildman–Crippen LogP) is 7.36. The Hall–Kier alpha value is -4.35. The maximum absolute atomic E-state index is 13.9. The standard InChI is InChI=1S/C38H33ClN2O6S/c39-29-18-16-28(17-19-29)30-24-48-35-32(30)41(38(43)40-36(35)42)37-34(46-22-27-14-8-3-9-15-27)33(45-21-26-12-6-2-7-13-26)31(47-37)23-44-20-25-10-4-1-5-11-25/h1-19,24,31,33-34,37H,20-23H2,(H,40,42,43)/t31-,33-,34-,37-/m1/s1. The molecule has 1 aliphatic heterocycles. The van der Waals surface area contributed by atoms with Gasteiger partial charge in [0.2, 0.25) is 0 Å². The van der Waals surface area contributed by atoms with Crippen molar-refractivity contribution in [3.63, 3.8) is 0 Å². The molecule has 0 amide bonds. The lowest BCUT2D eigenvalue weighted by molar-refractivity contribution is -0.0916. The van der Waals surface area contributed by atoms with Crippen LogP contribution in [0.4, 0.5) is 0 Å². The van der Waals surface area contributed by atoms with Gasteiger partial charge in [-0.15, -0.1) is 11.3 Å². The number of fused-ring (bicyclic) bond motifs is 1. The molecule has 0 spiro atoms. The van der Waals surface area contributed by atoms with Gasteiger partial charge in [-0.05, 0) is 34.4 Å². The minimum atomic E-state index is -0.952. The fraction of sp³-hybridized carbons (Fsp3) is 0.211. The first-order valence-corrected chi connectivity index (χ1v) is 16.9. The summed E-state index contributed by atoms with van der Waals surface area (Å²) in [4.78, 5) is 29.5. The smallest absolute Gasteiger partial charge is 0.331 e. The van der Waals surface area contributed by atoms with E-state index < -0.39 is 35.8 Å². The summed E-state index contributed by atoms with van der Waals surface area (Å²) in [5.74, 6) is 0. The molecule has 3 heterocycles. The minimum absolute atomic E-state index is 0.185. The first kappa shape index (κ1) is 32.2.